The van der Waals surface area contributed by atoms with Gasteiger partial charge in [-0.25, -0.2) is 4.98 Å². The Bertz CT molecular complexity index is 1250. The molecule has 1 atom stereocenters. The van der Waals surface area contributed by atoms with E-state index in [-0.39, 0.29) is 11.9 Å². The quantitative estimate of drug-likeness (QED) is 0.317. The van der Waals surface area contributed by atoms with Crippen LogP contribution < -0.4 is 10.1 Å². The van der Waals surface area contributed by atoms with Gasteiger partial charge in [0.1, 0.15) is 15.7 Å². The number of para-hydroxylation sites is 2. The highest BCUT2D eigenvalue weighted by Crippen LogP contribution is 2.33. The fourth-order valence-electron chi connectivity index (χ4n) is 3.74. The van der Waals surface area contributed by atoms with Crippen LogP contribution in [-0.4, -0.2) is 43.5 Å². The van der Waals surface area contributed by atoms with Crippen molar-refractivity contribution in [1.82, 2.24) is 15.2 Å². The monoisotopic (exact) mass is 481 g/mol. The number of nitrogens with zero attached hydrogens (tertiary/aromatic N) is 2. The number of furan rings is 1. The lowest BCUT2D eigenvalue weighted by Gasteiger charge is -2.26. The minimum atomic E-state index is -0.223. The van der Waals surface area contributed by atoms with Crippen LogP contribution in [0.4, 0.5) is 0 Å². The highest BCUT2D eigenvalue weighted by atomic mass is 32.2. The van der Waals surface area contributed by atoms with Gasteiger partial charge in [0.2, 0.25) is 0 Å². The summed E-state index contributed by atoms with van der Waals surface area (Å²) in [7, 11) is 5.64. The molecule has 2 aromatic carbocycles. The lowest BCUT2D eigenvalue weighted by Crippen LogP contribution is -2.35. The van der Waals surface area contributed by atoms with E-state index in [4.69, 9.17) is 9.15 Å². The number of amides is 1. The number of fused-ring (bicyclic) bond motifs is 1. The molecule has 1 N–H and O–H groups in total. The SMILES string of the molecule is COc1ccccc1C(CNC(=O)c1oc2ccccc2c1CSc1nc(C)cs1)N(C)C. The molecule has 0 bridgehead atoms. The Hall–Kier alpha value is -2.81. The number of nitrogens with one attached hydrogen (secondary N) is 1. The molecule has 0 saturated carbocycles. The number of carbonyl (C=O) groups is 1. The molecule has 0 radical (unpaired) electrons. The predicted octanol–water partition coefficient (Wildman–Crippen LogP) is 5.53. The van der Waals surface area contributed by atoms with Gasteiger partial charge in [-0.2, -0.15) is 0 Å². The molecule has 0 aliphatic carbocycles. The van der Waals surface area contributed by atoms with E-state index in [0.29, 0.717) is 23.6 Å². The lowest BCUT2D eigenvalue weighted by atomic mass is 10.0. The van der Waals surface area contributed by atoms with Gasteiger partial charge in [-0.05, 0) is 33.2 Å². The van der Waals surface area contributed by atoms with Crippen LogP contribution in [0.25, 0.3) is 11.0 Å². The molecule has 0 aliphatic heterocycles. The number of hydrogen-bond donors (Lipinski definition) is 1. The number of rotatable bonds is 9. The average Bonchev–Trinajstić information content (AvgIpc) is 3.40. The van der Waals surface area contributed by atoms with Gasteiger partial charge < -0.3 is 19.4 Å². The second kappa shape index (κ2) is 10.4. The largest absolute Gasteiger partial charge is 0.496 e. The first-order chi connectivity index (χ1) is 16.0. The van der Waals surface area contributed by atoms with E-state index >= 15 is 0 Å². The zero-order chi connectivity index (χ0) is 23.4. The van der Waals surface area contributed by atoms with Gasteiger partial charge in [-0.1, -0.05) is 48.2 Å². The Morgan fingerprint density at radius 2 is 1.97 bits per heavy atom. The molecule has 2 aromatic heterocycles. The maximum atomic E-state index is 13.3. The molecule has 1 unspecified atom stereocenters. The first kappa shape index (κ1) is 23.4. The molecule has 172 valence electrons. The Labute approximate surface area is 202 Å². The number of benzene rings is 2. The number of methoxy groups -OCH3 is 1. The van der Waals surface area contributed by atoms with Crippen molar-refractivity contribution in [2.24, 2.45) is 0 Å². The summed E-state index contributed by atoms with van der Waals surface area (Å²) in [5.74, 6) is 1.54. The molecule has 0 aliphatic rings. The number of thiazole rings is 1. The van der Waals surface area contributed by atoms with Crippen LogP contribution in [0.1, 0.15) is 33.4 Å². The molecule has 33 heavy (non-hydrogen) atoms. The van der Waals surface area contributed by atoms with Crippen molar-refractivity contribution in [3.8, 4) is 5.75 Å². The molecule has 2 heterocycles. The Kier molecular flexibility index (Phi) is 7.37. The van der Waals surface area contributed by atoms with Crippen molar-refractivity contribution in [2.75, 3.05) is 27.7 Å². The normalized spacial score (nSPS) is 12.3. The topological polar surface area (TPSA) is 67.6 Å². The number of likely N-dealkylation sites (N-methyl/N-ethyl adjacent to an activating group) is 1. The van der Waals surface area contributed by atoms with E-state index in [1.54, 1.807) is 30.2 Å². The van der Waals surface area contributed by atoms with Gasteiger partial charge in [0.25, 0.3) is 5.91 Å². The number of aromatic nitrogens is 1. The number of aryl methyl sites for hydroxylation is 1. The molecule has 8 heteroatoms. The molecule has 0 spiro atoms. The summed E-state index contributed by atoms with van der Waals surface area (Å²) < 4.78 is 12.5. The summed E-state index contributed by atoms with van der Waals surface area (Å²) in [4.78, 5) is 19.9. The molecule has 0 fully saturated rings. The third kappa shape index (κ3) is 5.24. The van der Waals surface area contributed by atoms with E-state index < -0.39 is 0 Å². The highest BCUT2D eigenvalue weighted by Gasteiger charge is 2.24. The van der Waals surface area contributed by atoms with Crippen LogP contribution in [0.2, 0.25) is 0 Å². The van der Waals surface area contributed by atoms with Gasteiger partial charge >= 0.3 is 0 Å². The van der Waals surface area contributed by atoms with Gasteiger partial charge in [0.15, 0.2) is 5.76 Å². The fraction of sp³-hybridized carbons (Fsp3) is 0.280. The van der Waals surface area contributed by atoms with Crippen LogP contribution in [0.5, 0.6) is 5.75 Å². The van der Waals surface area contributed by atoms with Crippen molar-refractivity contribution < 1.29 is 13.9 Å². The van der Waals surface area contributed by atoms with E-state index in [0.717, 1.165) is 32.3 Å². The highest BCUT2D eigenvalue weighted by molar-refractivity contribution is 8.00. The average molecular weight is 482 g/mol. The number of thioether (sulfide) groups is 1. The van der Waals surface area contributed by atoms with Crippen LogP contribution >= 0.6 is 23.1 Å². The number of hydrogen-bond acceptors (Lipinski definition) is 7. The maximum absolute atomic E-state index is 13.3. The van der Waals surface area contributed by atoms with Crippen molar-refractivity contribution in [2.45, 2.75) is 23.1 Å². The standard InChI is InChI=1S/C25H27N3O3S2/c1-16-14-32-25(27-16)33-15-19-17-9-5-8-12-22(17)31-23(19)24(29)26-13-20(28(2)3)18-10-6-7-11-21(18)30-4/h5-12,14,20H,13,15H2,1-4H3,(H,26,29). The lowest BCUT2D eigenvalue weighted by molar-refractivity contribution is 0.0915. The molecule has 1 amide bonds. The van der Waals surface area contributed by atoms with Crippen molar-refractivity contribution in [3.63, 3.8) is 0 Å². The van der Waals surface area contributed by atoms with Crippen molar-refractivity contribution in [1.29, 1.82) is 0 Å². The second-order valence-electron chi connectivity index (χ2n) is 7.88. The van der Waals surface area contributed by atoms with Crippen LogP contribution in [0.3, 0.4) is 0 Å². The van der Waals surface area contributed by atoms with Crippen LogP contribution in [-0.2, 0) is 5.75 Å². The first-order valence-corrected chi connectivity index (χ1v) is 12.5. The Morgan fingerprint density at radius 1 is 1.21 bits per heavy atom. The summed E-state index contributed by atoms with van der Waals surface area (Å²) in [6, 6.07) is 15.6. The summed E-state index contributed by atoms with van der Waals surface area (Å²) in [6.07, 6.45) is 0. The zero-order valence-corrected chi connectivity index (χ0v) is 20.8. The summed E-state index contributed by atoms with van der Waals surface area (Å²) in [5, 5.41) is 6.07. The summed E-state index contributed by atoms with van der Waals surface area (Å²) in [6.45, 7) is 2.40. The second-order valence-corrected chi connectivity index (χ2v) is 9.96. The van der Waals surface area contributed by atoms with E-state index in [1.165, 1.54) is 0 Å². The predicted molar refractivity (Wildman–Crippen MR) is 134 cm³/mol. The van der Waals surface area contributed by atoms with Gasteiger partial charge in [0, 0.05) is 39.9 Å². The number of carbonyl (C=O) groups excluding carboxylic acids is 1. The minimum Gasteiger partial charge on any atom is -0.496 e. The molecule has 4 aromatic rings. The molecule has 6 nitrogen and oxygen atoms in total. The Morgan fingerprint density at radius 3 is 2.70 bits per heavy atom. The molecule has 4 rings (SSSR count). The summed E-state index contributed by atoms with van der Waals surface area (Å²) in [5.41, 5.74) is 3.62. The van der Waals surface area contributed by atoms with Gasteiger partial charge in [-0.3, -0.25) is 4.79 Å². The van der Waals surface area contributed by atoms with Gasteiger partial charge in [0.05, 0.1) is 13.2 Å². The van der Waals surface area contributed by atoms with Gasteiger partial charge in [-0.15, -0.1) is 11.3 Å². The van der Waals surface area contributed by atoms with Crippen LogP contribution in [0.15, 0.2) is 62.7 Å². The molecular formula is C25H27N3O3S2. The van der Waals surface area contributed by atoms with E-state index in [1.807, 2.05) is 74.9 Å². The van der Waals surface area contributed by atoms with E-state index in [2.05, 4.69) is 15.2 Å². The summed E-state index contributed by atoms with van der Waals surface area (Å²) >= 11 is 3.23. The molecular weight excluding hydrogens is 454 g/mol. The fourth-order valence-corrected chi connectivity index (χ4v) is 5.62. The smallest absolute Gasteiger partial charge is 0.287 e. The first-order valence-electron chi connectivity index (χ1n) is 10.6. The zero-order valence-electron chi connectivity index (χ0n) is 19.1. The van der Waals surface area contributed by atoms with Crippen molar-refractivity contribution in [3.05, 3.63) is 76.5 Å². The van der Waals surface area contributed by atoms with Crippen molar-refractivity contribution >= 4 is 40.0 Å². The number of ether oxygens (including phenoxy) is 1. The maximum Gasteiger partial charge on any atom is 0.287 e. The Balaban J connectivity index is 1.57. The molecule has 0 saturated heterocycles. The van der Waals surface area contributed by atoms with E-state index in [9.17, 15) is 4.79 Å². The minimum absolute atomic E-state index is 0.0504. The third-order valence-corrected chi connectivity index (χ3v) is 7.59. The van der Waals surface area contributed by atoms with Crippen LogP contribution in [0, 0.1) is 6.92 Å². The third-order valence-electron chi connectivity index (χ3n) is 5.42.